The number of para-hydroxylation sites is 1. The minimum Gasteiger partial charge on any atom is -0.389 e. The summed E-state index contributed by atoms with van der Waals surface area (Å²) in [6, 6.07) is 5.81. The third kappa shape index (κ3) is 2.31. The first-order valence-electron chi connectivity index (χ1n) is 7.55. The Labute approximate surface area is 120 Å². The van der Waals surface area contributed by atoms with E-state index in [1.165, 1.54) is 25.5 Å². The Bertz CT molecular complexity index is 491. The van der Waals surface area contributed by atoms with Gasteiger partial charge < -0.3 is 10.0 Å². The lowest BCUT2D eigenvalue weighted by molar-refractivity contribution is 0.191. The van der Waals surface area contributed by atoms with Crippen molar-refractivity contribution in [1.82, 2.24) is 4.90 Å². The Kier molecular flexibility index (Phi) is 3.69. The summed E-state index contributed by atoms with van der Waals surface area (Å²) in [6.07, 6.45) is 1.79. The molecule has 110 valence electrons. The fraction of sp³-hybridized carbons (Fsp3) is 0.625. The van der Waals surface area contributed by atoms with Gasteiger partial charge in [0.2, 0.25) is 0 Å². The summed E-state index contributed by atoms with van der Waals surface area (Å²) in [5, 5.41) is 9.93. The smallest absolute Gasteiger partial charge is 0.146 e. The molecule has 3 nitrogen and oxygen atoms in total. The molecular formula is C16H23FN2O. The van der Waals surface area contributed by atoms with E-state index < -0.39 is 6.10 Å². The predicted molar refractivity (Wildman–Crippen MR) is 78.4 cm³/mol. The quantitative estimate of drug-likeness (QED) is 0.900. The van der Waals surface area contributed by atoms with Gasteiger partial charge in [-0.05, 0) is 39.3 Å². The summed E-state index contributed by atoms with van der Waals surface area (Å²) in [5.74, 6) is -0.221. The van der Waals surface area contributed by atoms with E-state index in [-0.39, 0.29) is 11.9 Å². The third-order valence-electron chi connectivity index (χ3n) is 4.69. The van der Waals surface area contributed by atoms with Crippen molar-refractivity contribution in [3.05, 3.63) is 29.6 Å². The summed E-state index contributed by atoms with van der Waals surface area (Å²) in [4.78, 5) is 4.67. The van der Waals surface area contributed by atoms with Crippen LogP contribution in [0.5, 0.6) is 0 Å². The summed E-state index contributed by atoms with van der Waals surface area (Å²) in [6.45, 7) is 6.87. The second kappa shape index (κ2) is 5.34. The molecule has 2 aliphatic rings. The number of hydrogen-bond donors (Lipinski definition) is 1. The number of benzene rings is 1. The van der Waals surface area contributed by atoms with Gasteiger partial charge in [0, 0.05) is 30.7 Å². The van der Waals surface area contributed by atoms with Crippen LogP contribution in [0.15, 0.2) is 18.2 Å². The van der Waals surface area contributed by atoms with Crippen molar-refractivity contribution in [2.75, 3.05) is 24.5 Å². The Morgan fingerprint density at radius 1 is 1.35 bits per heavy atom. The lowest BCUT2D eigenvalue weighted by Crippen LogP contribution is -2.55. The first kappa shape index (κ1) is 13.8. The molecule has 0 bridgehead atoms. The number of anilines is 1. The molecule has 2 heterocycles. The molecule has 0 radical (unpaired) electrons. The van der Waals surface area contributed by atoms with Crippen molar-refractivity contribution in [3.63, 3.8) is 0 Å². The van der Waals surface area contributed by atoms with Crippen LogP contribution in [0.2, 0.25) is 0 Å². The van der Waals surface area contributed by atoms with Crippen molar-refractivity contribution < 1.29 is 9.50 Å². The standard InChI is InChI=1S/C16H23FN2O/c1-11-9-18-8-4-5-13(18)10-19(11)16-14(12(2)20)6-3-7-15(16)17/h3,6-7,11-13,20H,4-5,8-10H2,1-2H3/t11?,12-,13?/m1/s1. The molecule has 0 saturated carbocycles. The van der Waals surface area contributed by atoms with Crippen molar-refractivity contribution in [2.24, 2.45) is 0 Å². The molecule has 2 unspecified atom stereocenters. The Morgan fingerprint density at radius 2 is 2.15 bits per heavy atom. The van der Waals surface area contributed by atoms with Gasteiger partial charge in [0.1, 0.15) is 5.82 Å². The molecule has 1 N–H and O–H groups in total. The lowest BCUT2D eigenvalue weighted by Gasteiger charge is -2.44. The maximum Gasteiger partial charge on any atom is 0.146 e. The highest BCUT2D eigenvalue weighted by Crippen LogP contribution is 2.34. The van der Waals surface area contributed by atoms with Crippen LogP contribution in [0.3, 0.4) is 0 Å². The molecule has 3 atom stereocenters. The van der Waals surface area contributed by atoms with Crippen molar-refractivity contribution >= 4 is 5.69 Å². The van der Waals surface area contributed by atoms with Gasteiger partial charge in [-0.25, -0.2) is 4.39 Å². The molecule has 0 spiro atoms. The van der Waals surface area contributed by atoms with Crippen molar-refractivity contribution in [2.45, 2.75) is 44.9 Å². The van der Waals surface area contributed by atoms with Crippen LogP contribution in [-0.2, 0) is 0 Å². The zero-order valence-electron chi connectivity index (χ0n) is 12.2. The van der Waals surface area contributed by atoms with Crippen LogP contribution in [0.25, 0.3) is 0 Å². The number of piperazine rings is 1. The van der Waals surface area contributed by atoms with E-state index in [0.29, 0.717) is 17.3 Å². The Hall–Kier alpha value is -1.13. The zero-order chi connectivity index (χ0) is 14.3. The van der Waals surface area contributed by atoms with E-state index in [0.717, 1.165) is 13.1 Å². The van der Waals surface area contributed by atoms with Crippen molar-refractivity contribution in [3.8, 4) is 0 Å². The van der Waals surface area contributed by atoms with Gasteiger partial charge >= 0.3 is 0 Å². The number of rotatable bonds is 2. The van der Waals surface area contributed by atoms with Gasteiger partial charge in [-0.1, -0.05) is 12.1 Å². The monoisotopic (exact) mass is 278 g/mol. The molecule has 1 aromatic carbocycles. The van der Waals surface area contributed by atoms with Gasteiger partial charge in [-0.15, -0.1) is 0 Å². The van der Waals surface area contributed by atoms with E-state index in [1.807, 2.05) is 6.07 Å². The van der Waals surface area contributed by atoms with Crippen LogP contribution >= 0.6 is 0 Å². The average Bonchev–Trinajstić information content (AvgIpc) is 2.84. The van der Waals surface area contributed by atoms with E-state index in [2.05, 4.69) is 16.7 Å². The number of fused-ring (bicyclic) bond motifs is 1. The molecule has 4 heteroatoms. The highest BCUT2D eigenvalue weighted by atomic mass is 19.1. The third-order valence-corrected chi connectivity index (χ3v) is 4.69. The van der Waals surface area contributed by atoms with E-state index in [9.17, 15) is 9.50 Å². The summed E-state index contributed by atoms with van der Waals surface area (Å²) in [5.41, 5.74) is 1.30. The van der Waals surface area contributed by atoms with Crippen LogP contribution < -0.4 is 4.90 Å². The Morgan fingerprint density at radius 3 is 2.90 bits per heavy atom. The van der Waals surface area contributed by atoms with E-state index in [1.54, 1.807) is 13.0 Å². The first-order chi connectivity index (χ1) is 9.58. The van der Waals surface area contributed by atoms with Gasteiger partial charge in [0.25, 0.3) is 0 Å². The maximum absolute atomic E-state index is 14.3. The molecule has 20 heavy (non-hydrogen) atoms. The van der Waals surface area contributed by atoms with Crippen LogP contribution in [-0.4, -0.2) is 41.7 Å². The lowest BCUT2D eigenvalue weighted by atomic mass is 10.0. The molecule has 0 aliphatic carbocycles. The highest BCUT2D eigenvalue weighted by Gasteiger charge is 2.36. The first-order valence-corrected chi connectivity index (χ1v) is 7.55. The van der Waals surface area contributed by atoms with Gasteiger partial charge in [0.05, 0.1) is 11.8 Å². The maximum atomic E-state index is 14.3. The predicted octanol–water partition coefficient (Wildman–Crippen LogP) is 2.55. The molecule has 2 saturated heterocycles. The second-order valence-electron chi connectivity index (χ2n) is 6.15. The minimum absolute atomic E-state index is 0.221. The minimum atomic E-state index is -0.644. The van der Waals surface area contributed by atoms with Gasteiger partial charge in [0.15, 0.2) is 0 Å². The van der Waals surface area contributed by atoms with E-state index >= 15 is 0 Å². The zero-order valence-corrected chi connectivity index (χ0v) is 12.2. The molecular weight excluding hydrogens is 255 g/mol. The summed E-state index contributed by atoms with van der Waals surface area (Å²) < 4.78 is 14.3. The Balaban J connectivity index is 1.95. The average molecular weight is 278 g/mol. The number of halogens is 1. The number of nitrogens with zero attached hydrogens (tertiary/aromatic N) is 2. The van der Waals surface area contributed by atoms with Gasteiger partial charge in [-0.2, -0.15) is 0 Å². The molecule has 3 rings (SSSR count). The normalized spacial score (nSPS) is 28.5. The number of aliphatic hydroxyl groups is 1. The second-order valence-corrected chi connectivity index (χ2v) is 6.15. The van der Waals surface area contributed by atoms with Crippen LogP contribution in [0.1, 0.15) is 38.4 Å². The SMILES string of the molecule is CC1CN2CCCC2CN1c1c(F)cccc1[C@@H](C)O. The van der Waals surface area contributed by atoms with Gasteiger partial charge in [-0.3, -0.25) is 4.90 Å². The fourth-order valence-electron chi connectivity index (χ4n) is 3.67. The summed E-state index contributed by atoms with van der Waals surface area (Å²) >= 11 is 0. The van der Waals surface area contributed by atoms with Crippen LogP contribution in [0.4, 0.5) is 10.1 Å². The van der Waals surface area contributed by atoms with Crippen molar-refractivity contribution in [1.29, 1.82) is 0 Å². The molecule has 1 aromatic rings. The molecule has 2 aliphatic heterocycles. The fourth-order valence-corrected chi connectivity index (χ4v) is 3.67. The molecule has 2 fully saturated rings. The van der Waals surface area contributed by atoms with E-state index in [4.69, 9.17) is 0 Å². The molecule has 0 amide bonds. The number of aliphatic hydroxyl groups excluding tert-OH is 1. The van der Waals surface area contributed by atoms with Crippen LogP contribution in [0, 0.1) is 5.82 Å². The number of hydrogen-bond acceptors (Lipinski definition) is 3. The highest BCUT2D eigenvalue weighted by molar-refractivity contribution is 5.57. The summed E-state index contributed by atoms with van der Waals surface area (Å²) in [7, 11) is 0. The molecule has 0 aromatic heterocycles. The largest absolute Gasteiger partial charge is 0.389 e. The topological polar surface area (TPSA) is 26.7 Å².